The van der Waals surface area contributed by atoms with Crippen LogP contribution < -0.4 is 10.6 Å². The van der Waals surface area contributed by atoms with E-state index < -0.39 is 6.04 Å². The summed E-state index contributed by atoms with van der Waals surface area (Å²) in [7, 11) is 0. The third-order valence-corrected chi connectivity index (χ3v) is 4.72. The number of benzene rings is 1. The van der Waals surface area contributed by atoms with E-state index in [4.69, 9.17) is 11.6 Å². The SMILES string of the molecule is CCC(C(=O)NC1CCNC(C)C1)n1nnc(-c2ccc(Cl)cc2)n1. The van der Waals surface area contributed by atoms with Crippen LogP contribution >= 0.6 is 11.6 Å². The van der Waals surface area contributed by atoms with Crippen molar-refractivity contribution in [3.63, 3.8) is 0 Å². The Hall–Kier alpha value is -1.99. The Kier molecular flexibility index (Phi) is 5.65. The van der Waals surface area contributed by atoms with Gasteiger partial charge < -0.3 is 10.6 Å². The summed E-state index contributed by atoms with van der Waals surface area (Å²) >= 11 is 5.90. The number of carbonyl (C=O) groups is 1. The van der Waals surface area contributed by atoms with Crippen LogP contribution in [0.4, 0.5) is 0 Å². The van der Waals surface area contributed by atoms with E-state index in [1.54, 1.807) is 12.1 Å². The van der Waals surface area contributed by atoms with Crippen LogP contribution in [0.3, 0.4) is 0 Å². The van der Waals surface area contributed by atoms with Crippen molar-refractivity contribution in [2.75, 3.05) is 6.54 Å². The Labute approximate surface area is 152 Å². The second-order valence-electron chi connectivity index (χ2n) is 6.45. The largest absolute Gasteiger partial charge is 0.351 e. The van der Waals surface area contributed by atoms with Gasteiger partial charge in [0.05, 0.1) is 0 Å². The first kappa shape index (κ1) is 17.8. The lowest BCUT2D eigenvalue weighted by molar-refractivity contribution is -0.126. The average molecular weight is 363 g/mol. The molecule has 7 nitrogen and oxygen atoms in total. The predicted molar refractivity (Wildman–Crippen MR) is 96.2 cm³/mol. The van der Waals surface area contributed by atoms with Gasteiger partial charge in [0.15, 0.2) is 6.04 Å². The molecule has 3 atom stereocenters. The lowest BCUT2D eigenvalue weighted by Gasteiger charge is -2.29. The molecular formula is C17H23ClN6O. The van der Waals surface area contributed by atoms with E-state index in [-0.39, 0.29) is 11.9 Å². The molecule has 134 valence electrons. The van der Waals surface area contributed by atoms with Crippen molar-refractivity contribution in [2.24, 2.45) is 0 Å². The summed E-state index contributed by atoms with van der Waals surface area (Å²) in [4.78, 5) is 14.1. The van der Waals surface area contributed by atoms with Crippen LogP contribution in [0.1, 0.15) is 39.2 Å². The minimum absolute atomic E-state index is 0.0540. The van der Waals surface area contributed by atoms with Gasteiger partial charge in [0.25, 0.3) is 0 Å². The molecule has 3 unspecified atom stereocenters. The van der Waals surface area contributed by atoms with Crippen molar-refractivity contribution in [1.82, 2.24) is 30.8 Å². The minimum Gasteiger partial charge on any atom is -0.351 e. The van der Waals surface area contributed by atoms with Crippen LogP contribution in [0.25, 0.3) is 11.4 Å². The van der Waals surface area contributed by atoms with Crippen molar-refractivity contribution in [3.8, 4) is 11.4 Å². The number of nitrogens with one attached hydrogen (secondary N) is 2. The van der Waals surface area contributed by atoms with Crippen LogP contribution in [0.15, 0.2) is 24.3 Å². The molecule has 0 aliphatic carbocycles. The summed E-state index contributed by atoms with van der Waals surface area (Å²) < 4.78 is 0. The Morgan fingerprint density at radius 3 is 2.88 bits per heavy atom. The van der Waals surface area contributed by atoms with E-state index in [1.807, 2.05) is 19.1 Å². The Balaban J connectivity index is 1.70. The summed E-state index contributed by atoms with van der Waals surface area (Å²) in [6.45, 7) is 5.00. The number of carbonyl (C=O) groups excluding carboxylic acids is 1. The Morgan fingerprint density at radius 2 is 2.20 bits per heavy atom. The predicted octanol–water partition coefficient (Wildman–Crippen LogP) is 2.20. The summed E-state index contributed by atoms with van der Waals surface area (Å²) in [5.74, 6) is 0.431. The molecule has 2 N–H and O–H groups in total. The lowest BCUT2D eigenvalue weighted by Crippen LogP contribution is -2.48. The van der Waals surface area contributed by atoms with E-state index >= 15 is 0 Å². The van der Waals surface area contributed by atoms with Crippen molar-refractivity contribution >= 4 is 17.5 Å². The lowest BCUT2D eigenvalue weighted by atomic mass is 10.00. The zero-order valence-electron chi connectivity index (χ0n) is 14.4. The third-order valence-electron chi connectivity index (χ3n) is 4.47. The quantitative estimate of drug-likeness (QED) is 0.851. The molecule has 1 fully saturated rings. The third kappa shape index (κ3) is 4.35. The van der Waals surface area contributed by atoms with E-state index in [9.17, 15) is 4.79 Å². The summed E-state index contributed by atoms with van der Waals surface area (Å²) in [5, 5.41) is 19.7. The molecule has 0 spiro atoms. The molecular weight excluding hydrogens is 340 g/mol. The van der Waals surface area contributed by atoms with Crippen molar-refractivity contribution in [3.05, 3.63) is 29.3 Å². The average Bonchev–Trinajstić information content (AvgIpc) is 3.06. The van der Waals surface area contributed by atoms with E-state index in [2.05, 4.69) is 33.0 Å². The van der Waals surface area contributed by atoms with Crippen molar-refractivity contribution < 1.29 is 4.79 Å². The number of tetrazole rings is 1. The fourth-order valence-electron chi connectivity index (χ4n) is 3.09. The number of hydrogen-bond acceptors (Lipinski definition) is 5. The first-order valence-corrected chi connectivity index (χ1v) is 9.03. The maximum atomic E-state index is 12.7. The molecule has 8 heteroatoms. The van der Waals surface area contributed by atoms with Gasteiger partial charge >= 0.3 is 0 Å². The smallest absolute Gasteiger partial charge is 0.247 e. The van der Waals surface area contributed by atoms with E-state index in [0.29, 0.717) is 23.3 Å². The number of piperidine rings is 1. The standard InChI is InChI=1S/C17H23ClN6O/c1-3-15(17(25)20-14-8-9-19-11(2)10-14)24-22-16(21-23-24)12-4-6-13(18)7-5-12/h4-7,11,14-15,19H,3,8-10H2,1-2H3,(H,20,25). The van der Waals surface area contributed by atoms with Gasteiger partial charge in [0, 0.05) is 22.7 Å². The summed E-state index contributed by atoms with van der Waals surface area (Å²) in [6, 6.07) is 7.37. The first-order chi connectivity index (χ1) is 12.1. The molecule has 2 heterocycles. The van der Waals surface area contributed by atoms with Gasteiger partial charge in [-0.15, -0.1) is 10.2 Å². The molecule has 3 rings (SSSR count). The van der Waals surface area contributed by atoms with E-state index in [0.717, 1.165) is 24.9 Å². The van der Waals surface area contributed by atoms with Gasteiger partial charge in [-0.3, -0.25) is 4.79 Å². The number of amides is 1. The van der Waals surface area contributed by atoms with Crippen LogP contribution in [0.5, 0.6) is 0 Å². The topological polar surface area (TPSA) is 84.7 Å². The van der Waals surface area contributed by atoms with Gasteiger partial charge in [-0.1, -0.05) is 18.5 Å². The maximum absolute atomic E-state index is 12.7. The molecule has 25 heavy (non-hydrogen) atoms. The van der Waals surface area contributed by atoms with Crippen molar-refractivity contribution in [1.29, 1.82) is 0 Å². The Morgan fingerprint density at radius 1 is 1.44 bits per heavy atom. The normalized spacial score (nSPS) is 21.7. The highest BCUT2D eigenvalue weighted by Gasteiger charge is 2.26. The number of hydrogen-bond donors (Lipinski definition) is 2. The van der Waals surface area contributed by atoms with Gasteiger partial charge in [-0.05, 0) is 62.2 Å². The fourth-order valence-corrected chi connectivity index (χ4v) is 3.21. The zero-order chi connectivity index (χ0) is 17.8. The first-order valence-electron chi connectivity index (χ1n) is 8.66. The molecule has 1 aliphatic heterocycles. The molecule has 1 aromatic carbocycles. The van der Waals surface area contributed by atoms with Gasteiger partial charge in [0.2, 0.25) is 11.7 Å². The van der Waals surface area contributed by atoms with Crippen molar-refractivity contribution in [2.45, 2.75) is 51.2 Å². The van der Waals surface area contributed by atoms with Crippen LogP contribution in [-0.4, -0.2) is 44.7 Å². The summed E-state index contributed by atoms with van der Waals surface area (Å²) in [6.07, 6.45) is 2.47. The van der Waals surface area contributed by atoms with Crippen LogP contribution in [-0.2, 0) is 4.79 Å². The number of aromatic nitrogens is 4. The number of nitrogens with zero attached hydrogens (tertiary/aromatic N) is 4. The number of rotatable bonds is 5. The molecule has 1 saturated heterocycles. The highest BCUT2D eigenvalue weighted by Crippen LogP contribution is 2.19. The highest BCUT2D eigenvalue weighted by atomic mass is 35.5. The molecule has 0 radical (unpaired) electrons. The van der Waals surface area contributed by atoms with E-state index in [1.165, 1.54) is 4.80 Å². The molecule has 1 aromatic heterocycles. The van der Waals surface area contributed by atoms with Crippen LogP contribution in [0.2, 0.25) is 5.02 Å². The fraction of sp³-hybridized carbons (Fsp3) is 0.529. The van der Waals surface area contributed by atoms with Gasteiger partial charge in [0.1, 0.15) is 0 Å². The second-order valence-corrected chi connectivity index (χ2v) is 6.89. The Bertz CT molecular complexity index is 716. The number of halogens is 1. The molecule has 1 amide bonds. The summed E-state index contributed by atoms with van der Waals surface area (Å²) in [5.41, 5.74) is 0.818. The minimum atomic E-state index is -0.459. The monoisotopic (exact) mass is 362 g/mol. The van der Waals surface area contributed by atoms with Gasteiger partial charge in [-0.2, -0.15) is 4.80 Å². The van der Waals surface area contributed by atoms with Gasteiger partial charge in [-0.25, -0.2) is 0 Å². The molecule has 2 aromatic rings. The molecule has 0 saturated carbocycles. The molecule has 0 bridgehead atoms. The maximum Gasteiger partial charge on any atom is 0.247 e. The highest BCUT2D eigenvalue weighted by molar-refractivity contribution is 6.30. The second kappa shape index (κ2) is 7.93. The van der Waals surface area contributed by atoms with Crippen LogP contribution in [0, 0.1) is 0 Å². The zero-order valence-corrected chi connectivity index (χ0v) is 15.2. The molecule has 1 aliphatic rings.